The first-order valence-electron chi connectivity index (χ1n) is 9.53. The summed E-state index contributed by atoms with van der Waals surface area (Å²) >= 11 is 0. The number of carbonyl (C=O) groups excluding carboxylic acids is 2. The highest BCUT2D eigenvalue weighted by Gasteiger charge is 2.18. The molecular formula is C20H30N2O5. The molecule has 0 unspecified atom stereocenters. The number of hydrogen-bond acceptors (Lipinski definition) is 6. The average Bonchev–Trinajstić information content (AvgIpc) is 2.71. The number of benzene rings is 1. The van der Waals surface area contributed by atoms with Crippen LogP contribution in [0.4, 0.5) is 0 Å². The van der Waals surface area contributed by atoms with Crippen molar-refractivity contribution < 1.29 is 23.8 Å². The standard InChI is InChI=1S/C20H30N2O5/c1-3-27-19(23)9-12-22(11-4-10-21-13-15-26-16-14-21)20(24)17-5-7-18(25-2)8-6-17/h5-8H,3-4,9-16H2,1-2H3. The fraction of sp³-hybridized carbons (Fsp3) is 0.600. The lowest BCUT2D eigenvalue weighted by Crippen LogP contribution is -2.39. The molecular weight excluding hydrogens is 348 g/mol. The minimum Gasteiger partial charge on any atom is -0.497 e. The van der Waals surface area contributed by atoms with Crippen LogP contribution >= 0.6 is 0 Å². The monoisotopic (exact) mass is 378 g/mol. The first-order chi connectivity index (χ1) is 13.1. The van der Waals surface area contributed by atoms with E-state index in [1.807, 2.05) is 0 Å². The molecule has 0 atom stereocenters. The predicted octanol–water partition coefficient (Wildman–Crippen LogP) is 1.81. The fourth-order valence-electron chi connectivity index (χ4n) is 3.00. The van der Waals surface area contributed by atoms with E-state index >= 15 is 0 Å². The Bertz CT molecular complexity index is 585. The van der Waals surface area contributed by atoms with Crippen molar-refractivity contribution in [1.29, 1.82) is 0 Å². The molecule has 0 spiro atoms. The van der Waals surface area contributed by atoms with Gasteiger partial charge in [-0.1, -0.05) is 0 Å². The van der Waals surface area contributed by atoms with Gasteiger partial charge in [-0.15, -0.1) is 0 Å². The van der Waals surface area contributed by atoms with E-state index < -0.39 is 0 Å². The number of rotatable bonds is 10. The van der Waals surface area contributed by atoms with Gasteiger partial charge >= 0.3 is 5.97 Å². The Morgan fingerprint density at radius 3 is 2.48 bits per heavy atom. The summed E-state index contributed by atoms with van der Waals surface area (Å²) in [5.74, 6) is 0.346. The van der Waals surface area contributed by atoms with Gasteiger partial charge in [0.1, 0.15) is 5.75 Å². The zero-order valence-corrected chi connectivity index (χ0v) is 16.3. The van der Waals surface area contributed by atoms with E-state index in [2.05, 4.69) is 4.90 Å². The first kappa shape index (κ1) is 21.2. The molecule has 0 aliphatic carbocycles. The smallest absolute Gasteiger partial charge is 0.307 e. The molecule has 1 heterocycles. The van der Waals surface area contributed by atoms with Crippen LogP contribution < -0.4 is 4.74 Å². The molecule has 1 saturated heterocycles. The fourth-order valence-corrected chi connectivity index (χ4v) is 3.00. The van der Waals surface area contributed by atoms with Gasteiger partial charge in [0.2, 0.25) is 0 Å². The molecule has 0 N–H and O–H groups in total. The molecule has 1 aliphatic rings. The van der Waals surface area contributed by atoms with Gasteiger partial charge in [0.05, 0.1) is 33.4 Å². The summed E-state index contributed by atoms with van der Waals surface area (Å²) in [7, 11) is 1.59. The summed E-state index contributed by atoms with van der Waals surface area (Å²) in [5.41, 5.74) is 0.589. The molecule has 7 heteroatoms. The van der Waals surface area contributed by atoms with Crippen molar-refractivity contribution in [3.63, 3.8) is 0 Å². The normalized spacial score (nSPS) is 14.6. The van der Waals surface area contributed by atoms with Crippen molar-refractivity contribution in [3.8, 4) is 5.75 Å². The molecule has 0 radical (unpaired) electrons. The molecule has 0 saturated carbocycles. The number of hydrogen-bond donors (Lipinski definition) is 0. The van der Waals surface area contributed by atoms with Crippen molar-refractivity contribution in [2.45, 2.75) is 19.8 Å². The topological polar surface area (TPSA) is 68.3 Å². The summed E-state index contributed by atoms with van der Waals surface area (Å²) in [6, 6.07) is 7.04. The van der Waals surface area contributed by atoms with E-state index in [1.165, 1.54) is 0 Å². The third-order valence-corrected chi connectivity index (χ3v) is 4.52. The Hall–Kier alpha value is -2.12. The highest BCUT2D eigenvalue weighted by atomic mass is 16.5. The third kappa shape index (κ3) is 7.19. The highest BCUT2D eigenvalue weighted by molar-refractivity contribution is 5.94. The van der Waals surface area contributed by atoms with E-state index in [9.17, 15) is 9.59 Å². The van der Waals surface area contributed by atoms with Crippen LogP contribution in [0.2, 0.25) is 0 Å². The van der Waals surface area contributed by atoms with Crippen LogP contribution in [-0.4, -0.2) is 81.3 Å². The second-order valence-electron chi connectivity index (χ2n) is 6.38. The van der Waals surface area contributed by atoms with Crippen LogP contribution in [0.25, 0.3) is 0 Å². The van der Waals surface area contributed by atoms with Gasteiger partial charge < -0.3 is 19.1 Å². The zero-order valence-electron chi connectivity index (χ0n) is 16.3. The average molecular weight is 378 g/mol. The van der Waals surface area contributed by atoms with Crippen LogP contribution in [0.3, 0.4) is 0 Å². The Morgan fingerprint density at radius 1 is 1.15 bits per heavy atom. The molecule has 7 nitrogen and oxygen atoms in total. The minimum absolute atomic E-state index is 0.0797. The van der Waals surface area contributed by atoms with Crippen molar-refractivity contribution in [3.05, 3.63) is 29.8 Å². The molecule has 0 aromatic heterocycles. The van der Waals surface area contributed by atoms with Crippen molar-refractivity contribution >= 4 is 11.9 Å². The molecule has 0 bridgehead atoms. The summed E-state index contributed by atoms with van der Waals surface area (Å²) in [6.07, 6.45) is 1.05. The number of ether oxygens (including phenoxy) is 3. The quantitative estimate of drug-likeness (QED) is 0.579. The van der Waals surface area contributed by atoms with Gasteiger partial charge in [-0.2, -0.15) is 0 Å². The van der Waals surface area contributed by atoms with E-state index in [4.69, 9.17) is 14.2 Å². The molecule has 1 fully saturated rings. The predicted molar refractivity (Wildman–Crippen MR) is 102 cm³/mol. The van der Waals surface area contributed by atoms with Gasteiger partial charge in [-0.3, -0.25) is 14.5 Å². The van der Waals surface area contributed by atoms with E-state index in [-0.39, 0.29) is 18.3 Å². The lowest BCUT2D eigenvalue weighted by Gasteiger charge is -2.28. The summed E-state index contributed by atoms with van der Waals surface area (Å²) in [5, 5.41) is 0. The van der Waals surface area contributed by atoms with Crippen molar-refractivity contribution in [2.75, 3.05) is 59.7 Å². The van der Waals surface area contributed by atoms with Crippen LogP contribution in [0.1, 0.15) is 30.1 Å². The lowest BCUT2D eigenvalue weighted by molar-refractivity contribution is -0.143. The Balaban J connectivity index is 1.93. The van der Waals surface area contributed by atoms with Crippen LogP contribution in [0.5, 0.6) is 5.75 Å². The molecule has 2 rings (SSSR count). The summed E-state index contributed by atoms with van der Waals surface area (Å²) in [6.45, 7) is 7.37. The number of methoxy groups -OCH3 is 1. The first-order valence-corrected chi connectivity index (χ1v) is 9.53. The maximum Gasteiger partial charge on any atom is 0.307 e. The van der Waals surface area contributed by atoms with E-state index in [1.54, 1.807) is 43.2 Å². The van der Waals surface area contributed by atoms with E-state index in [0.717, 1.165) is 39.3 Å². The van der Waals surface area contributed by atoms with Gasteiger partial charge in [0.15, 0.2) is 0 Å². The van der Waals surface area contributed by atoms with E-state index in [0.29, 0.717) is 31.0 Å². The van der Waals surface area contributed by atoms with Crippen LogP contribution in [0, 0.1) is 0 Å². The molecule has 27 heavy (non-hydrogen) atoms. The molecule has 1 aromatic rings. The van der Waals surface area contributed by atoms with Crippen molar-refractivity contribution in [1.82, 2.24) is 9.80 Å². The minimum atomic E-state index is -0.279. The molecule has 1 aromatic carbocycles. The Labute approximate surface area is 161 Å². The van der Waals surface area contributed by atoms with Crippen LogP contribution in [-0.2, 0) is 14.3 Å². The second kappa shape index (κ2) is 11.6. The Kier molecular flexibility index (Phi) is 9.07. The maximum absolute atomic E-state index is 12.9. The number of morpholine rings is 1. The summed E-state index contributed by atoms with van der Waals surface area (Å²) in [4.78, 5) is 28.7. The van der Waals surface area contributed by atoms with Gasteiger partial charge in [0, 0.05) is 38.3 Å². The summed E-state index contributed by atoms with van der Waals surface area (Å²) < 4.78 is 15.5. The maximum atomic E-state index is 12.9. The lowest BCUT2D eigenvalue weighted by atomic mass is 10.1. The number of nitrogens with zero attached hydrogens (tertiary/aromatic N) is 2. The Morgan fingerprint density at radius 2 is 1.85 bits per heavy atom. The largest absolute Gasteiger partial charge is 0.497 e. The zero-order chi connectivity index (χ0) is 19.5. The van der Waals surface area contributed by atoms with Gasteiger partial charge in [0.25, 0.3) is 5.91 Å². The number of carbonyl (C=O) groups is 2. The second-order valence-corrected chi connectivity index (χ2v) is 6.38. The third-order valence-electron chi connectivity index (χ3n) is 4.52. The SMILES string of the molecule is CCOC(=O)CCN(CCCN1CCOCC1)C(=O)c1ccc(OC)cc1. The number of esters is 1. The van der Waals surface area contributed by atoms with Gasteiger partial charge in [-0.25, -0.2) is 0 Å². The van der Waals surface area contributed by atoms with Gasteiger partial charge in [-0.05, 0) is 37.6 Å². The van der Waals surface area contributed by atoms with Crippen molar-refractivity contribution in [2.24, 2.45) is 0 Å². The molecule has 1 aliphatic heterocycles. The molecule has 150 valence electrons. The molecule has 1 amide bonds. The number of amides is 1. The highest BCUT2D eigenvalue weighted by Crippen LogP contribution is 2.14. The van der Waals surface area contributed by atoms with Crippen LogP contribution in [0.15, 0.2) is 24.3 Å².